The summed E-state index contributed by atoms with van der Waals surface area (Å²) in [6, 6.07) is 6.66. The van der Waals surface area contributed by atoms with Crippen molar-refractivity contribution >= 4 is 15.9 Å². The lowest BCUT2D eigenvalue weighted by molar-refractivity contribution is -0.131. The monoisotopic (exact) mass is 468 g/mol. The molecular formula is C23H28N6O3S. The van der Waals surface area contributed by atoms with Crippen LogP contribution in [0.3, 0.4) is 0 Å². The number of amides is 1. The summed E-state index contributed by atoms with van der Waals surface area (Å²) in [7, 11) is -3.84. The number of rotatable bonds is 6. The molecule has 2 N–H and O–H groups in total. The second-order valence-electron chi connectivity index (χ2n) is 10.4. The van der Waals surface area contributed by atoms with Gasteiger partial charge in [-0.15, -0.1) is 0 Å². The first-order chi connectivity index (χ1) is 15.8. The number of pyridine rings is 1. The number of nitrogens with one attached hydrogen (secondary N) is 2. The third-order valence-electron chi connectivity index (χ3n) is 7.89. The SMILES string of the molecule is N#Cc1ccc(S(=O)(=O)NC23CC4CC(CC(NCC(=O)N5CCC[C@H]5C#N)(C4)C2)C3)nc1. The fourth-order valence-corrected chi connectivity index (χ4v) is 8.45. The van der Waals surface area contributed by atoms with Crippen molar-refractivity contribution in [2.75, 3.05) is 13.1 Å². The van der Waals surface area contributed by atoms with Crippen LogP contribution in [-0.2, 0) is 14.8 Å². The van der Waals surface area contributed by atoms with Gasteiger partial charge in [0.25, 0.3) is 10.0 Å². The molecule has 174 valence electrons. The van der Waals surface area contributed by atoms with Crippen LogP contribution in [0.2, 0.25) is 0 Å². The Bertz CT molecular complexity index is 1120. The predicted octanol–water partition coefficient (Wildman–Crippen LogP) is 1.43. The van der Waals surface area contributed by atoms with Gasteiger partial charge in [-0.3, -0.25) is 4.79 Å². The van der Waals surface area contributed by atoms with E-state index >= 15 is 0 Å². The first-order valence-corrected chi connectivity index (χ1v) is 13.1. The second kappa shape index (κ2) is 8.05. The Hall–Kier alpha value is -2.53. The highest BCUT2D eigenvalue weighted by Crippen LogP contribution is 2.57. The zero-order valence-corrected chi connectivity index (χ0v) is 19.3. The van der Waals surface area contributed by atoms with E-state index in [0.29, 0.717) is 30.4 Å². The Balaban J connectivity index is 1.32. The van der Waals surface area contributed by atoms with E-state index in [-0.39, 0.29) is 29.1 Å². The van der Waals surface area contributed by atoms with Gasteiger partial charge in [-0.25, -0.2) is 18.1 Å². The van der Waals surface area contributed by atoms with E-state index in [1.54, 1.807) is 4.90 Å². The highest BCUT2D eigenvalue weighted by Gasteiger charge is 2.59. The molecule has 10 heteroatoms. The molecule has 4 saturated carbocycles. The Morgan fingerprint density at radius 3 is 2.55 bits per heavy atom. The Morgan fingerprint density at radius 2 is 1.91 bits per heavy atom. The summed E-state index contributed by atoms with van der Waals surface area (Å²) in [4.78, 5) is 18.5. The van der Waals surface area contributed by atoms with E-state index in [0.717, 1.165) is 44.9 Å². The average Bonchev–Trinajstić information content (AvgIpc) is 3.25. The normalized spacial score (nSPS) is 34.7. The van der Waals surface area contributed by atoms with Gasteiger partial charge < -0.3 is 10.2 Å². The summed E-state index contributed by atoms with van der Waals surface area (Å²) in [5, 5.41) is 21.7. The lowest BCUT2D eigenvalue weighted by Crippen LogP contribution is -2.69. The molecule has 0 spiro atoms. The highest BCUT2D eigenvalue weighted by molar-refractivity contribution is 7.89. The fourth-order valence-electron chi connectivity index (χ4n) is 7.10. The maximum absolute atomic E-state index is 13.2. The molecule has 6 rings (SSSR count). The number of carbonyl (C=O) groups is 1. The van der Waals surface area contributed by atoms with Crippen molar-refractivity contribution in [3.8, 4) is 12.1 Å². The number of likely N-dealkylation sites (tertiary alicyclic amines) is 1. The van der Waals surface area contributed by atoms with Crippen molar-refractivity contribution in [3.63, 3.8) is 0 Å². The Labute approximate surface area is 194 Å². The topological polar surface area (TPSA) is 139 Å². The average molecular weight is 469 g/mol. The summed E-state index contributed by atoms with van der Waals surface area (Å²) in [6.07, 6.45) is 8.05. The molecule has 2 heterocycles. The molecule has 4 aliphatic carbocycles. The summed E-state index contributed by atoms with van der Waals surface area (Å²) in [6.45, 7) is 0.802. The predicted molar refractivity (Wildman–Crippen MR) is 118 cm³/mol. The third-order valence-corrected chi connectivity index (χ3v) is 9.38. The van der Waals surface area contributed by atoms with E-state index in [4.69, 9.17) is 5.26 Å². The van der Waals surface area contributed by atoms with E-state index in [1.165, 1.54) is 18.3 Å². The van der Waals surface area contributed by atoms with Gasteiger partial charge in [0, 0.05) is 23.8 Å². The number of hydrogen-bond acceptors (Lipinski definition) is 7. The minimum absolute atomic E-state index is 0.0498. The molecule has 9 nitrogen and oxygen atoms in total. The zero-order chi connectivity index (χ0) is 23.3. The Kier molecular flexibility index (Phi) is 5.43. The summed E-state index contributed by atoms with van der Waals surface area (Å²) in [5.41, 5.74) is -0.521. The molecule has 33 heavy (non-hydrogen) atoms. The fraction of sp³-hybridized carbons (Fsp3) is 0.652. The van der Waals surface area contributed by atoms with Crippen molar-refractivity contribution < 1.29 is 13.2 Å². The van der Waals surface area contributed by atoms with Crippen molar-refractivity contribution in [2.24, 2.45) is 11.8 Å². The number of nitriles is 2. The molecule has 1 amide bonds. The van der Waals surface area contributed by atoms with Crippen molar-refractivity contribution in [1.29, 1.82) is 10.5 Å². The van der Waals surface area contributed by atoms with E-state index in [2.05, 4.69) is 21.1 Å². The molecule has 1 aliphatic heterocycles. The first-order valence-electron chi connectivity index (χ1n) is 11.6. The van der Waals surface area contributed by atoms with Gasteiger partial charge in [0.2, 0.25) is 5.91 Å². The van der Waals surface area contributed by atoms with Gasteiger partial charge in [-0.05, 0) is 75.3 Å². The largest absolute Gasteiger partial charge is 0.326 e. The maximum atomic E-state index is 13.2. The van der Waals surface area contributed by atoms with Crippen LogP contribution in [0.1, 0.15) is 56.9 Å². The molecule has 1 aromatic rings. The number of sulfonamides is 1. The van der Waals surface area contributed by atoms with Crippen LogP contribution < -0.4 is 10.0 Å². The van der Waals surface area contributed by atoms with Crippen LogP contribution in [0.5, 0.6) is 0 Å². The molecule has 5 fully saturated rings. The number of hydrogen-bond donors (Lipinski definition) is 2. The van der Waals surface area contributed by atoms with Crippen LogP contribution in [0.4, 0.5) is 0 Å². The molecule has 2 unspecified atom stereocenters. The molecule has 1 aromatic heterocycles. The van der Waals surface area contributed by atoms with E-state index < -0.39 is 15.6 Å². The molecule has 1 saturated heterocycles. The standard InChI is InChI=1S/C23H28N6O3S/c24-11-16-3-4-20(26-13-16)33(31,32)28-23-9-17-6-18(10-23)8-22(7-17,15-23)27-14-21(30)29-5-1-2-19(29)12-25/h3-4,13,17-19,27-28H,1-2,5-10,14-15H2/t17?,18?,19-,22?,23?/m0/s1. The Morgan fingerprint density at radius 1 is 1.18 bits per heavy atom. The zero-order valence-electron chi connectivity index (χ0n) is 18.5. The molecule has 0 aromatic carbocycles. The minimum Gasteiger partial charge on any atom is -0.326 e. The second-order valence-corrected chi connectivity index (χ2v) is 12.0. The quantitative estimate of drug-likeness (QED) is 0.644. The molecule has 3 atom stereocenters. The minimum atomic E-state index is -3.84. The van der Waals surface area contributed by atoms with Crippen molar-refractivity contribution in [2.45, 2.75) is 73.5 Å². The summed E-state index contributed by atoms with van der Waals surface area (Å²) in [5.74, 6) is 0.763. The van der Waals surface area contributed by atoms with Gasteiger partial charge in [-0.1, -0.05) is 0 Å². The molecule has 4 bridgehead atoms. The van der Waals surface area contributed by atoms with Gasteiger partial charge in [-0.2, -0.15) is 10.5 Å². The van der Waals surface area contributed by atoms with Crippen LogP contribution in [0.15, 0.2) is 23.4 Å². The molecule has 0 radical (unpaired) electrons. The first kappa shape index (κ1) is 22.3. The van der Waals surface area contributed by atoms with E-state index in [9.17, 15) is 18.5 Å². The smallest absolute Gasteiger partial charge is 0.258 e. The van der Waals surface area contributed by atoms with Crippen LogP contribution in [-0.4, -0.2) is 54.4 Å². The van der Waals surface area contributed by atoms with Crippen molar-refractivity contribution in [3.05, 3.63) is 23.9 Å². The number of nitrogens with zero attached hydrogens (tertiary/aromatic N) is 4. The maximum Gasteiger partial charge on any atom is 0.258 e. The van der Waals surface area contributed by atoms with Crippen LogP contribution in [0.25, 0.3) is 0 Å². The van der Waals surface area contributed by atoms with E-state index in [1.807, 2.05) is 6.07 Å². The van der Waals surface area contributed by atoms with Crippen LogP contribution >= 0.6 is 0 Å². The number of carbonyl (C=O) groups excluding carboxylic acids is 1. The van der Waals surface area contributed by atoms with Gasteiger partial charge in [0.1, 0.15) is 12.1 Å². The molecular weight excluding hydrogens is 440 g/mol. The third kappa shape index (κ3) is 4.12. The lowest BCUT2D eigenvalue weighted by atomic mass is 9.50. The van der Waals surface area contributed by atoms with Gasteiger partial charge in [0.15, 0.2) is 5.03 Å². The van der Waals surface area contributed by atoms with Crippen molar-refractivity contribution in [1.82, 2.24) is 19.9 Å². The number of aromatic nitrogens is 1. The summed E-state index contributed by atoms with van der Waals surface area (Å²) >= 11 is 0. The van der Waals surface area contributed by atoms with Crippen LogP contribution in [0, 0.1) is 34.5 Å². The summed E-state index contributed by atoms with van der Waals surface area (Å²) < 4.78 is 29.3. The van der Waals surface area contributed by atoms with Gasteiger partial charge in [0.05, 0.1) is 18.2 Å². The molecule has 5 aliphatic rings. The lowest BCUT2D eigenvalue weighted by Gasteiger charge is -2.62. The highest BCUT2D eigenvalue weighted by atomic mass is 32.2. The van der Waals surface area contributed by atoms with Gasteiger partial charge >= 0.3 is 0 Å².